The zero-order valence-corrected chi connectivity index (χ0v) is 20.4. The molecule has 34 heavy (non-hydrogen) atoms. The molecule has 0 radical (unpaired) electrons. The summed E-state index contributed by atoms with van der Waals surface area (Å²) in [4.78, 5) is 19.4. The van der Waals surface area contributed by atoms with Gasteiger partial charge in [0.2, 0.25) is 5.91 Å². The number of amides is 1. The highest BCUT2D eigenvalue weighted by Gasteiger charge is 2.22. The van der Waals surface area contributed by atoms with Crippen molar-refractivity contribution in [3.63, 3.8) is 0 Å². The fourth-order valence-corrected chi connectivity index (χ4v) is 5.00. The first-order chi connectivity index (χ1) is 16.6. The molecular weight excluding hydrogens is 453 g/mol. The number of carbonyl (C=O) groups is 1. The molecule has 0 bridgehead atoms. The molecule has 2 heterocycles. The van der Waals surface area contributed by atoms with Crippen LogP contribution in [0.5, 0.6) is 5.75 Å². The molecule has 0 N–H and O–H groups in total. The van der Waals surface area contributed by atoms with Crippen molar-refractivity contribution in [1.82, 2.24) is 14.5 Å². The number of halogens is 1. The lowest BCUT2D eigenvalue weighted by molar-refractivity contribution is -0.128. The zero-order valence-electron chi connectivity index (χ0n) is 19.6. The summed E-state index contributed by atoms with van der Waals surface area (Å²) in [7, 11) is 1.43. The van der Waals surface area contributed by atoms with Gasteiger partial charge in [-0.15, -0.1) is 0 Å². The predicted octanol–water partition coefficient (Wildman–Crippen LogP) is 5.02. The molecule has 1 aliphatic heterocycles. The van der Waals surface area contributed by atoms with Crippen molar-refractivity contribution in [2.45, 2.75) is 44.1 Å². The normalized spacial score (nSPS) is 15.4. The van der Waals surface area contributed by atoms with Gasteiger partial charge in [0.15, 0.2) is 16.7 Å². The molecule has 1 atom stereocenters. The number of carbonyl (C=O) groups excluding carboxylic acids is 1. The zero-order chi connectivity index (χ0) is 23.9. The average Bonchev–Trinajstić information content (AvgIpc) is 3.52. The van der Waals surface area contributed by atoms with Crippen molar-refractivity contribution >= 4 is 17.7 Å². The van der Waals surface area contributed by atoms with Gasteiger partial charge in [-0.05, 0) is 43.0 Å². The highest BCUT2D eigenvalue weighted by atomic mass is 32.2. The van der Waals surface area contributed by atoms with E-state index in [0.717, 1.165) is 41.4 Å². The van der Waals surface area contributed by atoms with E-state index in [1.54, 1.807) is 17.0 Å². The minimum Gasteiger partial charge on any atom is -0.494 e. The van der Waals surface area contributed by atoms with Crippen LogP contribution < -0.4 is 4.74 Å². The molecule has 0 aliphatic carbocycles. The summed E-state index contributed by atoms with van der Waals surface area (Å²) in [6, 6.07) is 14.9. The third kappa shape index (κ3) is 5.80. The first kappa shape index (κ1) is 24.3. The number of hydrogen-bond acceptors (Lipinski definition) is 5. The van der Waals surface area contributed by atoms with Crippen molar-refractivity contribution in [3.8, 4) is 17.0 Å². The van der Waals surface area contributed by atoms with E-state index < -0.39 is 5.82 Å². The Labute approximate surface area is 204 Å². The van der Waals surface area contributed by atoms with Gasteiger partial charge in [-0.2, -0.15) is 0 Å². The van der Waals surface area contributed by atoms with Crippen molar-refractivity contribution in [2.75, 3.05) is 26.0 Å². The van der Waals surface area contributed by atoms with Crippen LogP contribution in [0.2, 0.25) is 0 Å². The Hall–Kier alpha value is -2.84. The van der Waals surface area contributed by atoms with Gasteiger partial charge in [-0.25, -0.2) is 9.37 Å². The molecule has 6 nitrogen and oxygen atoms in total. The fourth-order valence-electron chi connectivity index (χ4n) is 4.10. The van der Waals surface area contributed by atoms with Gasteiger partial charge < -0.3 is 18.9 Å². The van der Waals surface area contributed by atoms with Crippen LogP contribution in [0.15, 0.2) is 59.9 Å². The second-order valence-corrected chi connectivity index (χ2v) is 9.15. The Morgan fingerprint density at radius 3 is 2.79 bits per heavy atom. The molecule has 1 saturated heterocycles. The van der Waals surface area contributed by atoms with E-state index in [0.29, 0.717) is 19.6 Å². The number of aromatic nitrogens is 2. The second kappa shape index (κ2) is 11.5. The summed E-state index contributed by atoms with van der Waals surface area (Å²) in [5.41, 5.74) is 2.83. The molecule has 0 saturated carbocycles. The monoisotopic (exact) mass is 483 g/mol. The van der Waals surface area contributed by atoms with Crippen LogP contribution in [0.25, 0.3) is 11.3 Å². The largest absolute Gasteiger partial charge is 0.494 e. The lowest BCUT2D eigenvalue weighted by atomic mass is 10.1. The van der Waals surface area contributed by atoms with E-state index in [1.165, 1.54) is 24.9 Å². The summed E-state index contributed by atoms with van der Waals surface area (Å²) >= 11 is 1.43. The molecule has 1 fully saturated rings. The van der Waals surface area contributed by atoms with Crippen LogP contribution >= 0.6 is 11.8 Å². The molecule has 0 spiro atoms. The molecule has 180 valence electrons. The van der Waals surface area contributed by atoms with Crippen LogP contribution in [-0.4, -0.2) is 52.5 Å². The number of rotatable bonds is 10. The van der Waals surface area contributed by atoms with Gasteiger partial charge in [0, 0.05) is 19.7 Å². The lowest BCUT2D eigenvalue weighted by Crippen LogP contribution is -2.32. The Bertz CT molecular complexity index is 1100. The van der Waals surface area contributed by atoms with Crippen molar-refractivity contribution in [1.29, 1.82) is 0 Å². The Balaban J connectivity index is 1.46. The SMILES string of the molecule is CCN(Cc1ccc(OC)c(F)c1)C(=O)CSc1ncc(-c2ccccc2)n1CC1CCCO1. The summed E-state index contributed by atoms with van der Waals surface area (Å²) in [6.07, 6.45) is 4.12. The first-order valence-corrected chi connectivity index (χ1v) is 12.5. The van der Waals surface area contributed by atoms with Crippen LogP contribution in [0.3, 0.4) is 0 Å². The van der Waals surface area contributed by atoms with Gasteiger partial charge in [0.05, 0.1) is 37.4 Å². The fraction of sp³-hybridized carbons (Fsp3) is 0.385. The number of imidazole rings is 1. The number of ether oxygens (including phenoxy) is 2. The maximum Gasteiger partial charge on any atom is 0.233 e. The van der Waals surface area contributed by atoms with Gasteiger partial charge >= 0.3 is 0 Å². The summed E-state index contributed by atoms with van der Waals surface area (Å²) in [5, 5.41) is 0.800. The first-order valence-electron chi connectivity index (χ1n) is 11.5. The number of methoxy groups -OCH3 is 1. The number of thioether (sulfide) groups is 1. The quantitative estimate of drug-likeness (QED) is 0.379. The number of benzene rings is 2. The minimum atomic E-state index is -0.428. The Morgan fingerprint density at radius 2 is 2.12 bits per heavy atom. The van der Waals surface area contributed by atoms with Gasteiger partial charge in [0.1, 0.15) is 0 Å². The van der Waals surface area contributed by atoms with Gasteiger partial charge in [-0.1, -0.05) is 48.2 Å². The second-order valence-electron chi connectivity index (χ2n) is 8.20. The van der Waals surface area contributed by atoms with E-state index in [2.05, 4.69) is 21.7 Å². The molecule has 1 amide bonds. The van der Waals surface area contributed by atoms with E-state index in [4.69, 9.17) is 9.47 Å². The summed E-state index contributed by atoms with van der Waals surface area (Å²) in [6.45, 7) is 4.30. The molecule has 2 aromatic carbocycles. The smallest absolute Gasteiger partial charge is 0.233 e. The standard InChI is InChI=1S/C26H30FN3O3S/c1-3-29(16-19-11-12-24(32-2)22(27)14-19)25(31)18-34-26-28-15-23(20-8-5-4-6-9-20)30(26)17-21-10-7-13-33-21/h4-6,8-9,11-12,14-15,21H,3,7,10,13,16-18H2,1-2H3. The van der Waals surface area contributed by atoms with Crippen molar-refractivity contribution < 1.29 is 18.7 Å². The summed E-state index contributed by atoms with van der Waals surface area (Å²) < 4.78 is 27.1. The predicted molar refractivity (Wildman–Crippen MR) is 131 cm³/mol. The minimum absolute atomic E-state index is 0.0170. The molecule has 3 aromatic rings. The van der Waals surface area contributed by atoms with E-state index >= 15 is 0 Å². The molecular formula is C26H30FN3O3S. The topological polar surface area (TPSA) is 56.6 Å². The van der Waals surface area contributed by atoms with Crippen LogP contribution in [0, 0.1) is 5.82 Å². The molecule has 1 aromatic heterocycles. The van der Waals surface area contributed by atoms with Gasteiger partial charge in [0.25, 0.3) is 0 Å². The molecule has 1 aliphatic rings. The third-order valence-electron chi connectivity index (χ3n) is 5.95. The van der Waals surface area contributed by atoms with E-state index in [9.17, 15) is 9.18 Å². The van der Waals surface area contributed by atoms with E-state index in [-0.39, 0.29) is 23.5 Å². The Morgan fingerprint density at radius 1 is 1.29 bits per heavy atom. The third-order valence-corrected chi connectivity index (χ3v) is 6.92. The number of hydrogen-bond donors (Lipinski definition) is 0. The average molecular weight is 484 g/mol. The molecule has 8 heteroatoms. The van der Waals surface area contributed by atoms with Crippen LogP contribution in [0.4, 0.5) is 4.39 Å². The highest BCUT2D eigenvalue weighted by molar-refractivity contribution is 7.99. The van der Waals surface area contributed by atoms with Crippen LogP contribution in [0.1, 0.15) is 25.3 Å². The molecule has 4 rings (SSSR count). The van der Waals surface area contributed by atoms with E-state index in [1.807, 2.05) is 31.3 Å². The summed E-state index contributed by atoms with van der Waals surface area (Å²) in [5.74, 6) is 0.00332. The van der Waals surface area contributed by atoms with Crippen molar-refractivity contribution in [3.05, 3.63) is 66.1 Å². The lowest BCUT2D eigenvalue weighted by Gasteiger charge is -2.21. The Kier molecular flexibility index (Phi) is 8.24. The maximum atomic E-state index is 14.1. The van der Waals surface area contributed by atoms with Crippen LogP contribution in [-0.2, 0) is 22.6 Å². The molecule has 1 unspecified atom stereocenters. The van der Waals surface area contributed by atoms with Crippen molar-refractivity contribution in [2.24, 2.45) is 0 Å². The van der Waals surface area contributed by atoms with Gasteiger partial charge in [-0.3, -0.25) is 4.79 Å². The highest BCUT2D eigenvalue weighted by Crippen LogP contribution is 2.28. The maximum absolute atomic E-state index is 14.1. The number of nitrogens with zero attached hydrogens (tertiary/aromatic N) is 3.